The monoisotopic (exact) mass is 895 g/mol. The van der Waals surface area contributed by atoms with Gasteiger partial charge in [0.15, 0.2) is 6.10 Å². The lowest BCUT2D eigenvalue weighted by Gasteiger charge is -2.18. The normalized spacial score (nSPS) is 13.3. The minimum atomic E-state index is -0.831. The van der Waals surface area contributed by atoms with Gasteiger partial charge in [-0.15, -0.1) is 0 Å². The van der Waals surface area contributed by atoms with Gasteiger partial charge in [-0.05, 0) is 77.0 Å². The summed E-state index contributed by atoms with van der Waals surface area (Å²) in [5.74, 6) is -1.04. The Hall–Kier alpha value is -4.71. The van der Waals surface area contributed by atoms with E-state index in [0.29, 0.717) is 19.3 Å². The van der Waals surface area contributed by atoms with Crippen molar-refractivity contribution in [2.45, 2.75) is 194 Å². The lowest BCUT2D eigenvalue weighted by Crippen LogP contribution is -2.30. The molecule has 65 heavy (non-hydrogen) atoms. The van der Waals surface area contributed by atoms with Crippen molar-refractivity contribution in [3.05, 3.63) is 146 Å². The van der Waals surface area contributed by atoms with Gasteiger partial charge in [0, 0.05) is 19.3 Å². The maximum atomic E-state index is 12.8. The van der Waals surface area contributed by atoms with Gasteiger partial charge in [-0.3, -0.25) is 14.4 Å². The molecule has 0 fully saturated rings. The van der Waals surface area contributed by atoms with Gasteiger partial charge >= 0.3 is 17.9 Å². The molecular weight excluding hydrogens is 805 g/mol. The molecule has 0 spiro atoms. The van der Waals surface area contributed by atoms with Gasteiger partial charge < -0.3 is 14.2 Å². The zero-order valence-electron chi connectivity index (χ0n) is 41.2. The molecule has 0 aromatic rings. The maximum Gasteiger partial charge on any atom is 0.306 e. The standard InChI is InChI=1S/C59H90O6/c1-4-7-10-13-16-19-22-24-26-28-29-31-32-34-37-40-43-46-49-52-58(61)64-55-56(54-63-57(60)51-48-45-42-39-36-21-18-15-12-9-6-3)65-59(62)53-50-47-44-41-38-35-33-30-27-25-23-20-17-14-11-8-5-2/h7-8,10-11,13,16-17,19-20,22,24-29,31-35,37,41,44,56H,4-6,9,12,14-15,18,21,23,30,36,38-40,42-43,45-55H2,1-3H3/b10-7-,11-8-,16-13-,20-17-,22-19-,26-24-,27-25-,29-28+,32-31-,35-33-,37-34-,44-41-. The van der Waals surface area contributed by atoms with E-state index < -0.39 is 6.10 Å². The molecule has 1 atom stereocenters. The van der Waals surface area contributed by atoms with Crippen LogP contribution in [0.2, 0.25) is 0 Å². The Morgan fingerprint density at radius 1 is 0.338 bits per heavy atom. The van der Waals surface area contributed by atoms with Crippen molar-refractivity contribution in [1.82, 2.24) is 0 Å². The largest absolute Gasteiger partial charge is 0.462 e. The van der Waals surface area contributed by atoms with Crippen LogP contribution >= 0.6 is 0 Å². The Balaban J connectivity index is 4.60. The van der Waals surface area contributed by atoms with Crippen molar-refractivity contribution in [2.75, 3.05) is 13.2 Å². The van der Waals surface area contributed by atoms with Crippen LogP contribution in [0.1, 0.15) is 188 Å². The third kappa shape index (κ3) is 50.2. The molecule has 0 rings (SSSR count). The van der Waals surface area contributed by atoms with E-state index >= 15 is 0 Å². The van der Waals surface area contributed by atoms with Crippen molar-refractivity contribution in [2.24, 2.45) is 0 Å². The van der Waals surface area contributed by atoms with Crippen molar-refractivity contribution >= 4 is 17.9 Å². The van der Waals surface area contributed by atoms with E-state index in [0.717, 1.165) is 83.5 Å². The summed E-state index contributed by atoms with van der Waals surface area (Å²) in [6, 6.07) is 0. The van der Waals surface area contributed by atoms with Crippen molar-refractivity contribution in [3.8, 4) is 0 Å². The average Bonchev–Trinajstić information content (AvgIpc) is 3.30. The molecule has 362 valence electrons. The van der Waals surface area contributed by atoms with Crippen molar-refractivity contribution in [1.29, 1.82) is 0 Å². The maximum absolute atomic E-state index is 12.8. The zero-order chi connectivity index (χ0) is 47.2. The smallest absolute Gasteiger partial charge is 0.306 e. The molecule has 0 radical (unpaired) electrons. The third-order valence-corrected chi connectivity index (χ3v) is 10.0. The minimum Gasteiger partial charge on any atom is -0.462 e. The number of hydrogen-bond donors (Lipinski definition) is 0. The Labute approximate surface area is 397 Å². The summed E-state index contributed by atoms with van der Waals surface area (Å²) in [6.07, 6.45) is 74.0. The molecule has 0 aromatic heterocycles. The number of unbranched alkanes of at least 4 members (excludes halogenated alkanes) is 14. The van der Waals surface area contributed by atoms with Crippen LogP contribution in [0.25, 0.3) is 0 Å². The van der Waals surface area contributed by atoms with Gasteiger partial charge in [0.05, 0.1) is 0 Å². The number of carbonyl (C=O) groups is 3. The van der Waals surface area contributed by atoms with E-state index in [2.05, 4.69) is 93.7 Å². The molecule has 0 saturated carbocycles. The molecule has 0 aromatic carbocycles. The molecule has 6 heteroatoms. The third-order valence-electron chi connectivity index (χ3n) is 10.0. The van der Waals surface area contributed by atoms with Crippen LogP contribution in [-0.2, 0) is 28.6 Å². The summed E-state index contributed by atoms with van der Waals surface area (Å²) in [7, 11) is 0. The van der Waals surface area contributed by atoms with Crippen LogP contribution in [0.3, 0.4) is 0 Å². The molecule has 1 unspecified atom stereocenters. The van der Waals surface area contributed by atoms with E-state index in [1.807, 2.05) is 72.9 Å². The molecule has 0 bridgehead atoms. The van der Waals surface area contributed by atoms with Crippen LogP contribution in [-0.4, -0.2) is 37.2 Å². The van der Waals surface area contributed by atoms with E-state index in [1.165, 1.54) is 51.4 Å². The van der Waals surface area contributed by atoms with E-state index in [4.69, 9.17) is 14.2 Å². The summed E-state index contributed by atoms with van der Waals surface area (Å²) in [5, 5.41) is 0. The average molecular weight is 895 g/mol. The zero-order valence-corrected chi connectivity index (χ0v) is 41.2. The van der Waals surface area contributed by atoms with Crippen LogP contribution in [0.4, 0.5) is 0 Å². The lowest BCUT2D eigenvalue weighted by atomic mass is 10.1. The molecule has 0 aliphatic rings. The summed E-state index contributed by atoms with van der Waals surface area (Å²) in [6.45, 7) is 6.25. The Kier molecular flexibility index (Phi) is 48.2. The first-order valence-electron chi connectivity index (χ1n) is 25.4. The number of rotatable bonds is 43. The topological polar surface area (TPSA) is 78.9 Å². The first-order chi connectivity index (χ1) is 32.0. The molecule has 0 saturated heterocycles. The molecule has 0 N–H and O–H groups in total. The highest BCUT2D eigenvalue weighted by molar-refractivity contribution is 5.71. The number of ether oxygens (including phenoxy) is 3. The second-order valence-corrected chi connectivity index (χ2v) is 16.2. The summed E-state index contributed by atoms with van der Waals surface area (Å²) in [4.78, 5) is 37.9. The van der Waals surface area contributed by atoms with Gasteiger partial charge in [0.1, 0.15) is 13.2 Å². The van der Waals surface area contributed by atoms with Crippen LogP contribution in [0.15, 0.2) is 146 Å². The van der Waals surface area contributed by atoms with Crippen LogP contribution in [0, 0.1) is 0 Å². The van der Waals surface area contributed by atoms with Gasteiger partial charge in [0.25, 0.3) is 0 Å². The minimum absolute atomic E-state index is 0.121. The molecule has 0 amide bonds. The second kappa shape index (κ2) is 51.9. The first kappa shape index (κ1) is 60.3. The second-order valence-electron chi connectivity index (χ2n) is 16.2. The predicted molar refractivity (Wildman–Crippen MR) is 279 cm³/mol. The van der Waals surface area contributed by atoms with Gasteiger partial charge in [0.2, 0.25) is 0 Å². The van der Waals surface area contributed by atoms with E-state index in [-0.39, 0.29) is 44.0 Å². The van der Waals surface area contributed by atoms with Crippen LogP contribution in [0.5, 0.6) is 0 Å². The van der Waals surface area contributed by atoms with Crippen molar-refractivity contribution in [3.63, 3.8) is 0 Å². The van der Waals surface area contributed by atoms with Crippen LogP contribution < -0.4 is 0 Å². The number of hydrogen-bond acceptors (Lipinski definition) is 6. The predicted octanol–water partition coefficient (Wildman–Crippen LogP) is 16.9. The summed E-state index contributed by atoms with van der Waals surface area (Å²) in [5.41, 5.74) is 0. The molecular formula is C59H90O6. The van der Waals surface area contributed by atoms with Gasteiger partial charge in [-0.2, -0.15) is 0 Å². The number of esters is 3. The van der Waals surface area contributed by atoms with Gasteiger partial charge in [-0.25, -0.2) is 0 Å². The quantitative estimate of drug-likeness (QED) is 0.0199. The fraction of sp³-hybridized carbons (Fsp3) is 0.542. The van der Waals surface area contributed by atoms with E-state index in [1.54, 1.807) is 0 Å². The van der Waals surface area contributed by atoms with Gasteiger partial charge in [-0.1, -0.05) is 237 Å². The molecule has 6 nitrogen and oxygen atoms in total. The Morgan fingerprint density at radius 2 is 0.692 bits per heavy atom. The lowest BCUT2D eigenvalue weighted by molar-refractivity contribution is -0.167. The highest BCUT2D eigenvalue weighted by Crippen LogP contribution is 2.13. The Morgan fingerprint density at radius 3 is 1.15 bits per heavy atom. The number of allylic oxidation sites excluding steroid dienone is 24. The molecule has 0 aliphatic carbocycles. The molecule has 0 aliphatic heterocycles. The van der Waals surface area contributed by atoms with E-state index in [9.17, 15) is 14.4 Å². The highest BCUT2D eigenvalue weighted by Gasteiger charge is 2.19. The summed E-state index contributed by atoms with van der Waals surface area (Å²) < 4.78 is 16.7. The van der Waals surface area contributed by atoms with Crippen molar-refractivity contribution < 1.29 is 28.6 Å². The fourth-order valence-electron chi connectivity index (χ4n) is 6.28. The Bertz CT molecular complexity index is 1490. The summed E-state index contributed by atoms with van der Waals surface area (Å²) >= 11 is 0. The fourth-order valence-corrected chi connectivity index (χ4v) is 6.28. The first-order valence-corrected chi connectivity index (χ1v) is 25.4. The number of carbonyl (C=O) groups excluding carboxylic acids is 3. The highest BCUT2D eigenvalue weighted by atomic mass is 16.6. The SMILES string of the molecule is CC\C=C/C=C\C=C/C=C\C=C\C=C/C=C\CCCCCC(=O)OCC(COC(=O)CCCCCCCCCCCCC)OC(=O)CCC/C=C\C/C=C\C/C=C\C/C=C\C/C=C\CC. The molecule has 0 heterocycles.